The Labute approximate surface area is 312 Å². The lowest BCUT2D eigenvalue weighted by atomic mass is 9.97. The van der Waals surface area contributed by atoms with E-state index in [0.717, 1.165) is 67.3 Å². The van der Waals surface area contributed by atoms with Crippen molar-refractivity contribution in [3.8, 4) is 90.3 Å². The van der Waals surface area contributed by atoms with Gasteiger partial charge in [0.2, 0.25) is 0 Å². The number of benzene rings is 5. The summed E-state index contributed by atoms with van der Waals surface area (Å²) in [4.78, 5) is 37.1. The normalized spacial score (nSPS) is 11.0. The molecular formula is C46H30N8. The van der Waals surface area contributed by atoms with Gasteiger partial charge in [-0.1, -0.05) is 127 Å². The third-order valence-electron chi connectivity index (χ3n) is 9.06. The van der Waals surface area contributed by atoms with E-state index < -0.39 is 0 Å². The molecule has 0 saturated carbocycles. The molecule has 0 N–H and O–H groups in total. The maximum absolute atomic E-state index is 4.95. The molecule has 0 aliphatic carbocycles. The van der Waals surface area contributed by atoms with Crippen molar-refractivity contribution >= 4 is 0 Å². The SMILES string of the molecule is c1ccc(-c2nc(-c3ccc(-c4cccc(-c5ccc(-c6cc(-c7cnccn7)nc(-c7ccccc7)n6)cc5)c4)cc3)cc(-c3cnccn3)n2)cc1. The van der Waals surface area contributed by atoms with Crippen molar-refractivity contribution in [1.29, 1.82) is 0 Å². The number of rotatable bonds is 8. The second-order valence-corrected chi connectivity index (χ2v) is 12.6. The van der Waals surface area contributed by atoms with E-state index >= 15 is 0 Å². The van der Waals surface area contributed by atoms with Gasteiger partial charge in [0.05, 0.1) is 35.2 Å². The molecule has 0 aliphatic heterocycles. The molecule has 54 heavy (non-hydrogen) atoms. The molecule has 9 aromatic rings. The van der Waals surface area contributed by atoms with Crippen molar-refractivity contribution in [3.63, 3.8) is 0 Å². The lowest BCUT2D eigenvalue weighted by Crippen LogP contribution is -1.97. The van der Waals surface area contributed by atoms with Crippen LogP contribution in [0.15, 0.2) is 183 Å². The first-order valence-corrected chi connectivity index (χ1v) is 17.5. The third kappa shape index (κ3) is 6.87. The summed E-state index contributed by atoms with van der Waals surface area (Å²) in [6, 6.07) is 49.5. The van der Waals surface area contributed by atoms with E-state index in [4.69, 9.17) is 19.9 Å². The van der Waals surface area contributed by atoms with E-state index in [1.165, 1.54) is 0 Å². The molecule has 5 aromatic carbocycles. The summed E-state index contributed by atoms with van der Waals surface area (Å²) in [7, 11) is 0. The number of hydrogen-bond acceptors (Lipinski definition) is 8. The van der Waals surface area contributed by atoms with Gasteiger partial charge in [0, 0.05) is 47.0 Å². The third-order valence-corrected chi connectivity index (χ3v) is 9.06. The zero-order chi connectivity index (χ0) is 36.1. The second-order valence-electron chi connectivity index (χ2n) is 12.6. The zero-order valence-corrected chi connectivity index (χ0v) is 28.9. The van der Waals surface area contributed by atoms with Gasteiger partial charge in [-0.05, 0) is 40.5 Å². The Bertz CT molecular complexity index is 2370. The fraction of sp³-hybridized carbons (Fsp3) is 0. The van der Waals surface area contributed by atoms with Crippen molar-refractivity contribution in [2.75, 3.05) is 0 Å². The average molecular weight is 695 g/mol. The van der Waals surface area contributed by atoms with E-state index in [1.54, 1.807) is 37.2 Å². The molecule has 0 amide bonds. The fourth-order valence-corrected chi connectivity index (χ4v) is 6.29. The molecule has 0 saturated heterocycles. The number of hydrogen-bond donors (Lipinski definition) is 0. The van der Waals surface area contributed by atoms with Crippen LogP contribution in [0, 0.1) is 0 Å². The van der Waals surface area contributed by atoms with Crippen LogP contribution in [0.2, 0.25) is 0 Å². The van der Waals surface area contributed by atoms with Gasteiger partial charge in [-0.15, -0.1) is 0 Å². The Morgan fingerprint density at radius 2 is 0.648 bits per heavy atom. The maximum Gasteiger partial charge on any atom is 0.160 e. The van der Waals surface area contributed by atoms with Crippen LogP contribution in [0.25, 0.3) is 90.3 Å². The average Bonchev–Trinajstić information content (AvgIpc) is 3.27. The Morgan fingerprint density at radius 3 is 1.06 bits per heavy atom. The van der Waals surface area contributed by atoms with Gasteiger partial charge in [0.1, 0.15) is 11.4 Å². The summed E-state index contributed by atoms with van der Waals surface area (Å²) < 4.78 is 0. The van der Waals surface area contributed by atoms with Gasteiger partial charge in [0.25, 0.3) is 0 Å². The molecule has 4 heterocycles. The van der Waals surface area contributed by atoms with Crippen LogP contribution in [0.3, 0.4) is 0 Å². The van der Waals surface area contributed by atoms with Gasteiger partial charge >= 0.3 is 0 Å². The molecule has 0 spiro atoms. The maximum atomic E-state index is 4.95. The summed E-state index contributed by atoms with van der Waals surface area (Å²) in [6.07, 6.45) is 10.1. The smallest absolute Gasteiger partial charge is 0.160 e. The summed E-state index contributed by atoms with van der Waals surface area (Å²) >= 11 is 0. The Hall–Kier alpha value is -7.58. The Morgan fingerprint density at radius 1 is 0.259 bits per heavy atom. The highest BCUT2D eigenvalue weighted by molar-refractivity contribution is 5.78. The topological polar surface area (TPSA) is 103 Å². The van der Waals surface area contributed by atoms with Gasteiger partial charge in [-0.3, -0.25) is 19.9 Å². The molecule has 9 rings (SSSR count). The molecule has 0 fully saturated rings. The van der Waals surface area contributed by atoms with Gasteiger partial charge in [0.15, 0.2) is 11.6 Å². The van der Waals surface area contributed by atoms with Crippen LogP contribution < -0.4 is 0 Å². The van der Waals surface area contributed by atoms with E-state index in [-0.39, 0.29) is 0 Å². The van der Waals surface area contributed by atoms with Crippen molar-refractivity contribution in [1.82, 2.24) is 39.9 Å². The fourth-order valence-electron chi connectivity index (χ4n) is 6.29. The standard InChI is InChI=1S/C46H30N8/c1-3-8-35(9-4-1)45-51-39(27-41(53-45)43-29-47-22-24-49-43)33-18-14-31(15-19-33)37-12-7-13-38(26-37)32-16-20-34(21-17-32)40-28-42(44-30-48-23-25-50-44)54-46(52-40)36-10-5-2-6-11-36/h1-30H. The minimum atomic E-state index is 0.638. The molecule has 0 aliphatic rings. The molecule has 0 bridgehead atoms. The highest BCUT2D eigenvalue weighted by atomic mass is 14.9. The Kier molecular flexibility index (Phi) is 8.73. The monoisotopic (exact) mass is 694 g/mol. The molecule has 8 nitrogen and oxygen atoms in total. The van der Waals surface area contributed by atoms with Crippen molar-refractivity contribution in [2.45, 2.75) is 0 Å². The molecule has 0 atom stereocenters. The minimum Gasteiger partial charge on any atom is -0.261 e. The lowest BCUT2D eigenvalue weighted by molar-refractivity contribution is 1.14. The first-order chi connectivity index (χ1) is 26.7. The van der Waals surface area contributed by atoms with Crippen molar-refractivity contribution in [2.24, 2.45) is 0 Å². The van der Waals surface area contributed by atoms with Crippen LogP contribution in [0.4, 0.5) is 0 Å². The van der Waals surface area contributed by atoms with E-state index in [9.17, 15) is 0 Å². The summed E-state index contributed by atoms with van der Waals surface area (Å²) in [5.74, 6) is 1.28. The first kappa shape index (κ1) is 32.3. The van der Waals surface area contributed by atoms with Crippen molar-refractivity contribution in [3.05, 3.63) is 183 Å². The van der Waals surface area contributed by atoms with Crippen LogP contribution in [0.5, 0.6) is 0 Å². The zero-order valence-electron chi connectivity index (χ0n) is 28.9. The number of aromatic nitrogens is 8. The summed E-state index contributed by atoms with van der Waals surface area (Å²) in [5, 5.41) is 0. The predicted molar refractivity (Wildman–Crippen MR) is 212 cm³/mol. The second kappa shape index (κ2) is 14.6. The summed E-state index contributed by atoms with van der Waals surface area (Å²) in [6.45, 7) is 0. The molecule has 254 valence electrons. The van der Waals surface area contributed by atoms with Crippen LogP contribution >= 0.6 is 0 Å². The largest absolute Gasteiger partial charge is 0.261 e. The first-order valence-electron chi connectivity index (χ1n) is 17.5. The molecule has 4 aromatic heterocycles. The van der Waals surface area contributed by atoms with Gasteiger partial charge < -0.3 is 0 Å². The van der Waals surface area contributed by atoms with Crippen molar-refractivity contribution < 1.29 is 0 Å². The highest BCUT2D eigenvalue weighted by Crippen LogP contribution is 2.32. The highest BCUT2D eigenvalue weighted by Gasteiger charge is 2.14. The Balaban J connectivity index is 1.00. The van der Waals surface area contributed by atoms with Crippen LogP contribution in [0.1, 0.15) is 0 Å². The summed E-state index contributed by atoms with van der Waals surface area (Å²) in [5.41, 5.74) is 12.7. The number of nitrogens with zero attached hydrogens (tertiary/aromatic N) is 8. The van der Waals surface area contributed by atoms with Gasteiger partial charge in [-0.2, -0.15) is 0 Å². The minimum absolute atomic E-state index is 0.638. The van der Waals surface area contributed by atoms with Crippen LogP contribution in [-0.4, -0.2) is 39.9 Å². The molecule has 8 heteroatoms. The lowest BCUT2D eigenvalue weighted by Gasteiger charge is -2.11. The van der Waals surface area contributed by atoms with E-state index in [2.05, 4.69) is 92.7 Å². The van der Waals surface area contributed by atoms with Crippen LogP contribution in [-0.2, 0) is 0 Å². The van der Waals surface area contributed by atoms with E-state index in [1.807, 2.05) is 72.8 Å². The van der Waals surface area contributed by atoms with Gasteiger partial charge in [-0.25, -0.2) is 19.9 Å². The molecule has 0 radical (unpaired) electrons. The predicted octanol–water partition coefficient (Wildman–Crippen LogP) is 10.2. The molecular weight excluding hydrogens is 665 g/mol. The quantitative estimate of drug-likeness (QED) is 0.155. The van der Waals surface area contributed by atoms with E-state index in [0.29, 0.717) is 23.0 Å². The molecule has 0 unspecified atom stereocenters.